The summed E-state index contributed by atoms with van der Waals surface area (Å²) in [5.41, 5.74) is 4.21. The molecular weight excluding hydrogens is 210 g/mol. The number of benzene rings is 1. The fourth-order valence-electron chi connectivity index (χ4n) is 2.34. The molecule has 0 amide bonds. The smallest absolute Gasteiger partial charge is 0.0498 e. The molecule has 0 aliphatic heterocycles. The Morgan fingerprint density at radius 1 is 1.24 bits per heavy atom. The largest absolute Gasteiger partial charge is 0.396 e. The lowest BCUT2D eigenvalue weighted by atomic mass is 9.89. The zero-order valence-electron chi connectivity index (χ0n) is 10.9. The van der Waals surface area contributed by atoms with Crippen molar-refractivity contribution in [2.45, 2.75) is 39.5 Å². The third kappa shape index (κ3) is 3.01. The zero-order chi connectivity index (χ0) is 12.3. The summed E-state index contributed by atoms with van der Waals surface area (Å²) in [6.07, 6.45) is 5.03. The summed E-state index contributed by atoms with van der Waals surface area (Å²) < 4.78 is 0. The Labute approximate surface area is 104 Å². The highest BCUT2D eigenvalue weighted by Crippen LogP contribution is 2.28. The van der Waals surface area contributed by atoms with Crippen LogP contribution in [0.5, 0.6) is 0 Å². The van der Waals surface area contributed by atoms with Crippen LogP contribution < -0.4 is 5.32 Å². The molecule has 0 atom stereocenters. The van der Waals surface area contributed by atoms with Crippen molar-refractivity contribution in [3.63, 3.8) is 0 Å². The third-order valence-corrected chi connectivity index (χ3v) is 3.58. The number of rotatable bonds is 4. The van der Waals surface area contributed by atoms with Crippen LogP contribution in [0.25, 0.3) is 0 Å². The van der Waals surface area contributed by atoms with Gasteiger partial charge in [0.15, 0.2) is 0 Å². The highest BCUT2D eigenvalue weighted by atomic mass is 16.3. The fraction of sp³-hybridized carbons (Fsp3) is 0.600. The van der Waals surface area contributed by atoms with E-state index in [4.69, 9.17) is 0 Å². The van der Waals surface area contributed by atoms with Crippen LogP contribution in [0.2, 0.25) is 0 Å². The molecule has 0 aromatic heterocycles. The molecule has 2 rings (SSSR count). The summed E-state index contributed by atoms with van der Waals surface area (Å²) in [4.78, 5) is 0. The third-order valence-electron chi connectivity index (χ3n) is 3.58. The second-order valence-corrected chi connectivity index (χ2v) is 5.83. The number of aliphatic hydroxyl groups excluding tert-OH is 1. The number of aryl methyl sites for hydroxylation is 1. The van der Waals surface area contributed by atoms with E-state index in [1.165, 1.54) is 42.5 Å². The summed E-state index contributed by atoms with van der Waals surface area (Å²) in [5.74, 6) is 0. The van der Waals surface area contributed by atoms with Gasteiger partial charge in [0.1, 0.15) is 0 Å². The van der Waals surface area contributed by atoms with Crippen molar-refractivity contribution in [2.24, 2.45) is 5.41 Å². The number of aliphatic hydroxyl groups is 1. The van der Waals surface area contributed by atoms with Gasteiger partial charge in [-0.25, -0.2) is 0 Å². The van der Waals surface area contributed by atoms with Crippen LogP contribution >= 0.6 is 0 Å². The predicted molar refractivity (Wildman–Crippen MR) is 72.4 cm³/mol. The Hall–Kier alpha value is -1.02. The molecule has 17 heavy (non-hydrogen) atoms. The first kappa shape index (κ1) is 12.4. The topological polar surface area (TPSA) is 32.3 Å². The van der Waals surface area contributed by atoms with Crippen molar-refractivity contribution in [2.75, 3.05) is 18.5 Å². The molecule has 0 saturated carbocycles. The van der Waals surface area contributed by atoms with Crippen molar-refractivity contribution in [3.8, 4) is 0 Å². The first-order chi connectivity index (χ1) is 8.12. The van der Waals surface area contributed by atoms with E-state index >= 15 is 0 Å². The molecular formula is C15H23NO. The second kappa shape index (κ2) is 5.09. The summed E-state index contributed by atoms with van der Waals surface area (Å²) >= 11 is 0. The molecule has 2 N–H and O–H groups in total. The lowest BCUT2D eigenvalue weighted by Gasteiger charge is -2.25. The summed E-state index contributed by atoms with van der Waals surface area (Å²) in [7, 11) is 0. The van der Waals surface area contributed by atoms with Gasteiger partial charge < -0.3 is 10.4 Å². The van der Waals surface area contributed by atoms with E-state index in [2.05, 4.69) is 37.4 Å². The first-order valence-electron chi connectivity index (χ1n) is 6.58. The number of hydrogen-bond donors (Lipinski definition) is 2. The van der Waals surface area contributed by atoms with Crippen LogP contribution in [0.15, 0.2) is 18.2 Å². The van der Waals surface area contributed by atoms with Gasteiger partial charge in [0.05, 0.1) is 0 Å². The lowest BCUT2D eigenvalue weighted by Crippen LogP contribution is -2.27. The monoisotopic (exact) mass is 233 g/mol. The maximum atomic E-state index is 9.27. The Balaban J connectivity index is 2.11. The van der Waals surface area contributed by atoms with E-state index in [-0.39, 0.29) is 12.0 Å². The standard InChI is InChI=1S/C15H23NO/c1-15(2,11-17)10-16-14-9-5-7-12-6-3-4-8-13(12)14/h5,7,9,16-17H,3-4,6,8,10-11H2,1-2H3. The van der Waals surface area contributed by atoms with Crippen LogP contribution in [-0.4, -0.2) is 18.3 Å². The Bertz CT molecular complexity index is 385. The Morgan fingerprint density at radius 2 is 2.00 bits per heavy atom. The molecule has 1 aliphatic rings. The highest BCUT2D eigenvalue weighted by Gasteiger charge is 2.18. The molecule has 94 valence electrons. The van der Waals surface area contributed by atoms with Crippen LogP contribution in [-0.2, 0) is 12.8 Å². The average Bonchev–Trinajstić information content (AvgIpc) is 2.36. The molecule has 0 heterocycles. The zero-order valence-corrected chi connectivity index (χ0v) is 10.9. The summed E-state index contributed by atoms with van der Waals surface area (Å²) in [6.45, 7) is 5.19. The minimum atomic E-state index is -0.0581. The van der Waals surface area contributed by atoms with Gasteiger partial charge in [-0.2, -0.15) is 0 Å². The van der Waals surface area contributed by atoms with Crippen molar-refractivity contribution < 1.29 is 5.11 Å². The van der Waals surface area contributed by atoms with Crippen molar-refractivity contribution in [1.29, 1.82) is 0 Å². The number of fused-ring (bicyclic) bond motifs is 1. The SMILES string of the molecule is CC(C)(CO)CNc1cccc2c1CCCC2. The first-order valence-corrected chi connectivity index (χ1v) is 6.58. The van der Waals surface area contributed by atoms with Gasteiger partial charge in [0, 0.05) is 24.3 Å². The predicted octanol–water partition coefficient (Wildman–Crippen LogP) is 3.00. The van der Waals surface area contributed by atoms with Gasteiger partial charge >= 0.3 is 0 Å². The van der Waals surface area contributed by atoms with E-state index in [1.54, 1.807) is 0 Å². The van der Waals surface area contributed by atoms with Crippen molar-refractivity contribution in [1.82, 2.24) is 0 Å². The number of hydrogen-bond acceptors (Lipinski definition) is 2. The van der Waals surface area contributed by atoms with E-state index in [0.29, 0.717) is 0 Å². The van der Waals surface area contributed by atoms with Gasteiger partial charge in [-0.15, -0.1) is 0 Å². The molecule has 0 fully saturated rings. The molecule has 2 heteroatoms. The maximum Gasteiger partial charge on any atom is 0.0498 e. The molecule has 2 nitrogen and oxygen atoms in total. The molecule has 1 aromatic rings. The highest BCUT2D eigenvalue weighted by molar-refractivity contribution is 5.55. The fourth-order valence-corrected chi connectivity index (χ4v) is 2.34. The van der Waals surface area contributed by atoms with Crippen molar-refractivity contribution in [3.05, 3.63) is 29.3 Å². The van der Waals surface area contributed by atoms with Crippen LogP contribution in [0.1, 0.15) is 37.8 Å². The maximum absolute atomic E-state index is 9.27. The second-order valence-electron chi connectivity index (χ2n) is 5.83. The van der Waals surface area contributed by atoms with Gasteiger partial charge in [0.2, 0.25) is 0 Å². The minimum Gasteiger partial charge on any atom is -0.396 e. The molecule has 0 spiro atoms. The molecule has 0 radical (unpaired) electrons. The molecule has 0 bridgehead atoms. The van der Waals surface area contributed by atoms with Crippen LogP contribution in [0, 0.1) is 5.41 Å². The molecule has 0 saturated heterocycles. The number of nitrogens with one attached hydrogen (secondary N) is 1. The van der Waals surface area contributed by atoms with Crippen LogP contribution in [0.3, 0.4) is 0 Å². The van der Waals surface area contributed by atoms with E-state index in [1.807, 2.05) is 0 Å². The van der Waals surface area contributed by atoms with E-state index in [0.717, 1.165) is 6.54 Å². The summed E-state index contributed by atoms with van der Waals surface area (Å²) in [5, 5.41) is 12.8. The van der Waals surface area contributed by atoms with Crippen molar-refractivity contribution >= 4 is 5.69 Å². The van der Waals surface area contributed by atoms with E-state index < -0.39 is 0 Å². The molecule has 0 unspecified atom stereocenters. The Kier molecular flexibility index (Phi) is 3.72. The van der Waals surface area contributed by atoms with Crippen LogP contribution in [0.4, 0.5) is 5.69 Å². The van der Waals surface area contributed by atoms with Gasteiger partial charge in [0.25, 0.3) is 0 Å². The average molecular weight is 233 g/mol. The normalized spacial score (nSPS) is 15.5. The van der Waals surface area contributed by atoms with Gasteiger partial charge in [-0.3, -0.25) is 0 Å². The minimum absolute atomic E-state index is 0.0581. The molecule has 1 aliphatic carbocycles. The lowest BCUT2D eigenvalue weighted by molar-refractivity contribution is 0.171. The van der Waals surface area contributed by atoms with Gasteiger partial charge in [-0.1, -0.05) is 26.0 Å². The Morgan fingerprint density at radius 3 is 2.76 bits per heavy atom. The molecule has 1 aromatic carbocycles. The quantitative estimate of drug-likeness (QED) is 0.838. The summed E-state index contributed by atoms with van der Waals surface area (Å²) in [6, 6.07) is 6.55. The van der Waals surface area contributed by atoms with E-state index in [9.17, 15) is 5.11 Å². The number of anilines is 1. The van der Waals surface area contributed by atoms with Gasteiger partial charge in [-0.05, 0) is 42.9 Å².